The lowest BCUT2D eigenvalue weighted by Crippen LogP contribution is -2.08. The van der Waals surface area contributed by atoms with E-state index in [4.69, 9.17) is 5.11 Å². The topological polar surface area (TPSA) is 20.2 Å². The molecule has 0 saturated carbocycles. The number of rotatable bonds is 1. The van der Waals surface area contributed by atoms with Crippen LogP contribution >= 0.6 is 23.1 Å². The minimum Gasteiger partial charge on any atom is -0.396 e. The summed E-state index contributed by atoms with van der Waals surface area (Å²) >= 11 is 3.72. The van der Waals surface area contributed by atoms with Crippen LogP contribution in [0.15, 0.2) is 15.7 Å². The maximum Gasteiger partial charge on any atom is 0.0634 e. The van der Waals surface area contributed by atoms with Gasteiger partial charge in [-0.25, -0.2) is 0 Å². The molecule has 0 aliphatic carbocycles. The highest BCUT2D eigenvalue weighted by atomic mass is 32.2. The third kappa shape index (κ3) is 1.33. The molecule has 0 saturated heterocycles. The molecule has 1 aliphatic heterocycles. The molecule has 11 heavy (non-hydrogen) atoms. The molecule has 0 amide bonds. The van der Waals surface area contributed by atoms with Gasteiger partial charge >= 0.3 is 0 Å². The summed E-state index contributed by atoms with van der Waals surface area (Å²) in [6, 6.07) is 2.15. The molecule has 3 heteroatoms. The SMILES string of the molecule is OCC1CCSc2sccc21. The summed E-state index contributed by atoms with van der Waals surface area (Å²) in [5.41, 5.74) is 1.37. The van der Waals surface area contributed by atoms with Gasteiger partial charge in [-0.3, -0.25) is 0 Å². The molecule has 1 unspecified atom stereocenters. The van der Waals surface area contributed by atoms with Gasteiger partial charge in [-0.1, -0.05) is 0 Å². The van der Waals surface area contributed by atoms with Gasteiger partial charge in [-0.2, -0.15) is 0 Å². The lowest BCUT2D eigenvalue weighted by Gasteiger charge is -2.19. The third-order valence-corrected chi connectivity index (χ3v) is 4.32. The van der Waals surface area contributed by atoms with Crippen molar-refractivity contribution in [2.75, 3.05) is 12.4 Å². The summed E-state index contributed by atoms with van der Waals surface area (Å²) in [4.78, 5) is 0. The van der Waals surface area contributed by atoms with E-state index in [0.717, 1.165) is 6.42 Å². The molecule has 1 aromatic heterocycles. The van der Waals surface area contributed by atoms with E-state index in [1.165, 1.54) is 15.5 Å². The molecule has 0 aromatic carbocycles. The molecular formula is C8H10OS2. The van der Waals surface area contributed by atoms with Crippen LogP contribution < -0.4 is 0 Å². The Bertz CT molecular complexity index is 244. The van der Waals surface area contributed by atoms with Crippen molar-refractivity contribution in [2.24, 2.45) is 0 Å². The highest BCUT2D eigenvalue weighted by molar-refractivity contribution is 8.01. The monoisotopic (exact) mass is 186 g/mol. The van der Waals surface area contributed by atoms with Crippen LogP contribution in [0.25, 0.3) is 0 Å². The fourth-order valence-electron chi connectivity index (χ4n) is 1.36. The van der Waals surface area contributed by atoms with Crippen molar-refractivity contribution in [3.05, 3.63) is 17.0 Å². The molecule has 2 rings (SSSR count). The van der Waals surface area contributed by atoms with Gasteiger partial charge in [0, 0.05) is 5.92 Å². The molecule has 1 atom stereocenters. The first-order valence-electron chi connectivity index (χ1n) is 3.73. The van der Waals surface area contributed by atoms with Crippen molar-refractivity contribution in [2.45, 2.75) is 16.5 Å². The van der Waals surface area contributed by atoms with E-state index in [1.807, 2.05) is 11.8 Å². The van der Waals surface area contributed by atoms with E-state index >= 15 is 0 Å². The van der Waals surface area contributed by atoms with E-state index in [1.54, 1.807) is 11.3 Å². The second-order valence-electron chi connectivity index (χ2n) is 2.68. The van der Waals surface area contributed by atoms with Crippen LogP contribution in [0.2, 0.25) is 0 Å². The van der Waals surface area contributed by atoms with Crippen molar-refractivity contribution < 1.29 is 5.11 Å². The van der Waals surface area contributed by atoms with Crippen LogP contribution in [0.3, 0.4) is 0 Å². The summed E-state index contributed by atoms with van der Waals surface area (Å²) in [7, 11) is 0. The van der Waals surface area contributed by atoms with Crippen molar-refractivity contribution in [1.82, 2.24) is 0 Å². The standard InChI is InChI=1S/C8H10OS2/c9-5-6-1-3-10-8-7(6)2-4-11-8/h2,4,6,9H,1,3,5H2. The first-order valence-corrected chi connectivity index (χ1v) is 5.59. The number of aliphatic hydroxyl groups excluding tert-OH is 1. The van der Waals surface area contributed by atoms with Crippen molar-refractivity contribution >= 4 is 23.1 Å². The van der Waals surface area contributed by atoms with E-state index in [9.17, 15) is 0 Å². The summed E-state index contributed by atoms with van der Waals surface area (Å²) in [5, 5.41) is 11.2. The number of fused-ring (bicyclic) bond motifs is 1. The third-order valence-electron chi connectivity index (χ3n) is 2.02. The lowest BCUT2D eigenvalue weighted by atomic mass is 10.0. The number of aliphatic hydroxyl groups is 1. The average molecular weight is 186 g/mol. The zero-order valence-corrected chi connectivity index (χ0v) is 7.75. The van der Waals surface area contributed by atoms with Gasteiger partial charge in [0.1, 0.15) is 0 Å². The Morgan fingerprint density at radius 3 is 3.36 bits per heavy atom. The highest BCUT2D eigenvalue weighted by Gasteiger charge is 2.20. The first-order chi connectivity index (χ1) is 5.42. The summed E-state index contributed by atoms with van der Waals surface area (Å²) in [6.07, 6.45) is 1.13. The van der Waals surface area contributed by atoms with Gasteiger partial charge in [0.05, 0.1) is 10.8 Å². The zero-order chi connectivity index (χ0) is 7.68. The van der Waals surface area contributed by atoms with Crippen LogP contribution in [0, 0.1) is 0 Å². The highest BCUT2D eigenvalue weighted by Crippen LogP contribution is 2.40. The predicted molar refractivity (Wildman–Crippen MR) is 49.5 cm³/mol. The maximum absolute atomic E-state index is 9.05. The lowest BCUT2D eigenvalue weighted by molar-refractivity contribution is 0.261. The number of hydrogen-bond acceptors (Lipinski definition) is 3. The van der Waals surface area contributed by atoms with Gasteiger partial charge in [0.2, 0.25) is 0 Å². The van der Waals surface area contributed by atoms with Crippen molar-refractivity contribution in [1.29, 1.82) is 0 Å². The van der Waals surface area contributed by atoms with Gasteiger partial charge < -0.3 is 5.11 Å². The molecule has 0 bridgehead atoms. The van der Waals surface area contributed by atoms with E-state index in [0.29, 0.717) is 12.5 Å². The normalized spacial score (nSPS) is 23.2. The van der Waals surface area contributed by atoms with Crippen LogP contribution in [0.5, 0.6) is 0 Å². The van der Waals surface area contributed by atoms with Gasteiger partial charge in [-0.15, -0.1) is 23.1 Å². The fourth-order valence-corrected chi connectivity index (χ4v) is 3.75. The Kier molecular flexibility index (Phi) is 2.20. The largest absolute Gasteiger partial charge is 0.396 e. The van der Waals surface area contributed by atoms with E-state index in [2.05, 4.69) is 11.4 Å². The molecular weight excluding hydrogens is 176 g/mol. The van der Waals surface area contributed by atoms with Gasteiger partial charge in [-0.05, 0) is 29.2 Å². The molecule has 0 radical (unpaired) electrons. The fraction of sp³-hybridized carbons (Fsp3) is 0.500. The van der Waals surface area contributed by atoms with Crippen LogP contribution in [-0.2, 0) is 0 Å². The first kappa shape index (κ1) is 7.65. The minimum absolute atomic E-state index is 0.310. The Labute approximate surface area is 74.4 Å². The Hall–Kier alpha value is 0.0100. The summed E-state index contributed by atoms with van der Waals surface area (Å²) in [5.74, 6) is 1.58. The molecule has 1 aliphatic rings. The van der Waals surface area contributed by atoms with Crippen LogP contribution in [0.4, 0.5) is 0 Å². The van der Waals surface area contributed by atoms with Crippen molar-refractivity contribution in [3.8, 4) is 0 Å². The molecule has 1 aromatic rings. The number of hydrogen-bond donors (Lipinski definition) is 1. The zero-order valence-electron chi connectivity index (χ0n) is 6.12. The molecule has 0 spiro atoms. The van der Waals surface area contributed by atoms with Gasteiger partial charge in [0.25, 0.3) is 0 Å². The summed E-state index contributed by atoms with van der Waals surface area (Å²) < 4.78 is 1.41. The van der Waals surface area contributed by atoms with Crippen LogP contribution in [0.1, 0.15) is 17.9 Å². The maximum atomic E-state index is 9.05. The van der Waals surface area contributed by atoms with Crippen molar-refractivity contribution in [3.63, 3.8) is 0 Å². The minimum atomic E-state index is 0.310. The molecule has 2 heterocycles. The predicted octanol–water partition coefficient (Wildman–Crippen LogP) is 2.32. The van der Waals surface area contributed by atoms with E-state index < -0.39 is 0 Å². The quantitative estimate of drug-likeness (QED) is 0.726. The van der Waals surface area contributed by atoms with Crippen LogP contribution in [-0.4, -0.2) is 17.5 Å². The number of thioether (sulfide) groups is 1. The second kappa shape index (κ2) is 3.17. The Morgan fingerprint density at radius 2 is 2.55 bits per heavy atom. The molecule has 60 valence electrons. The Balaban J connectivity index is 2.32. The number of thiophene rings is 1. The second-order valence-corrected chi connectivity index (χ2v) is 4.96. The molecule has 0 fully saturated rings. The Morgan fingerprint density at radius 1 is 1.64 bits per heavy atom. The molecule has 1 N–H and O–H groups in total. The summed E-state index contributed by atoms with van der Waals surface area (Å²) in [6.45, 7) is 0.310. The average Bonchev–Trinajstić information content (AvgIpc) is 2.50. The van der Waals surface area contributed by atoms with E-state index in [-0.39, 0.29) is 0 Å². The van der Waals surface area contributed by atoms with Gasteiger partial charge in [0.15, 0.2) is 0 Å². The smallest absolute Gasteiger partial charge is 0.0634 e. The molecule has 1 nitrogen and oxygen atoms in total.